The van der Waals surface area contributed by atoms with E-state index in [2.05, 4.69) is 22.1 Å². The number of benzene rings is 3. The topological polar surface area (TPSA) is 50.1 Å². The standard InChI is InChI=1S/C24H16N2O.Li/c27-22-13-11-19(16-5-2-1-3-6-16)15-20(22)21-12-10-18-9-8-17-7-4-14-25-23(17)24(18)26-21;/h1-15,27H;/q;+1. The van der Waals surface area contributed by atoms with Crippen molar-refractivity contribution in [2.75, 3.05) is 0 Å². The van der Waals surface area contributed by atoms with E-state index in [0.717, 1.165) is 38.6 Å². The number of rotatable bonds is 2. The molecule has 128 valence electrons. The number of aromatic nitrogens is 2. The van der Waals surface area contributed by atoms with E-state index in [1.807, 2.05) is 66.7 Å². The van der Waals surface area contributed by atoms with Gasteiger partial charge in [-0.2, -0.15) is 0 Å². The summed E-state index contributed by atoms with van der Waals surface area (Å²) in [6.45, 7) is 0. The van der Waals surface area contributed by atoms with Crippen LogP contribution in [0.5, 0.6) is 5.75 Å². The molecule has 0 spiro atoms. The van der Waals surface area contributed by atoms with E-state index in [0.29, 0.717) is 5.56 Å². The van der Waals surface area contributed by atoms with Crippen molar-refractivity contribution in [3.8, 4) is 28.1 Å². The SMILES string of the molecule is [Li+].[O-]c1ccc(-c2ccccc2)cc1-c1ccc2ccc3cccnc3c2[nH+]1. The van der Waals surface area contributed by atoms with E-state index < -0.39 is 0 Å². The number of hydrogen-bond donors (Lipinski definition) is 0. The second kappa shape index (κ2) is 7.48. The van der Waals surface area contributed by atoms with Gasteiger partial charge in [0.15, 0.2) is 0 Å². The van der Waals surface area contributed by atoms with Crippen molar-refractivity contribution < 1.29 is 29.0 Å². The molecule has 0 saturated heterocycles. The number of aromatic amines is 1. The summed E-state index contributed by atoms with van der Waals surface area (Å²) < 4.78 is 0. The first-order valence-corrected chi connectivity index (χ1v) is 8.86. The van der Waals surface area contributed by atoms with Gasteiger partial charge in [-0.05, 0) is 35.4 Å². The molecule has 0 atom stereocenters. The normalized spacial score (nSPS) is 10.7. The van der Waals surface area contributed by atoms with Gasteiger partial charge >= 0.3 is 18.9 Å². The third-order valence-corrected chi connectivity index (χ3v) is 4.87. The minimum absolute atomic E-state index is 0. The number of nitrogens with zero attached hydrogens (tertiary/aromatic N) is 1. The van der Waals surface area contributed by atoms with Crippen molar-refractivity contribution in [1.82, 2.24) is 4.98 Å². The molecule has 2 heterocycles. The zero-order chi connectivity index (χ0) is 18.2. The van der Waals surface area contributed by atoms with Crippen molar-refractivity contribution >= 4 is 21.8 Å². The predicted octanol–water partition coefficient (Wildman–Crippen LogP) is 1.61. The van der Waals surface area contributed by atoms with Crippen molar-refractivity contribution in [3.63, 3.8) is 0 Å². The van der Waals surface area contributed by atoms with Crippen LogP contribution in [0.3, 0.4) is 0 Å². The summed E-state index contributed by atoms with van der Waals surface area (Å²) in [6, 6.07) is 27.6. The number of H-pyrrole nitrogens is 1. The van der Waals surface area contributed by atoms with Gasteiger partial charge in [0.25, 0.3) is 0 Å². The van der Waals surface area contributed by atoms with Crippen LogP contribution < -0.4 is 29.0 Å². The summed E-state index contributed by atoms with van der Waals surface area (Å²) in [5, 5.41) is 14.7. The molecule has 0 aliphatic rings. The van der Waals surface area contributed by atoms with E-state index in [4.69, 9.17) is 0 Å². The van der Waals surface area contributed by atoms with E-state index in [-0.39, 0.29) is 24.6 Å². The minimum Gasteiger partial charge on any atom is -0.872 e. The Bertz CT molecular complexity index is 1290. The van der Waals surface area contributed by atoms with E-state index in [1.54, 1.807) is 12.3 Å². The molecule has 2 aromatic heterocycles. The van der Waals surface area contributed by atoms with Gasteiger partial charge in [0.2, 0.25) is 11.2 Å². The van der Waals surface area contributed by atoms with Gasteiger partial charge in [-0.1, -0.05) is 60.3 Å². The summed E-state index contributed by atoms with van der Waals surface area (Å²) >= 11 is 0. The second-order valence-electron chi connectivity index (χ2n) is 6.55. The smallest absolute Gasteiger partial charge is 0.872 e. The first kappa shape index (κ1) is 18.3. The Morgan fingerprint density at radius 3 is 2.36 bits per heavy atom. The van der Waals surface area contributed by atoms with Crippen LogP contribution in [0.25, 0.3) is 44.2 Å². The molecule has 0 fully saturated rings. The van der Waals surface area contributed by atoms with Gasteiger partial charge in [0, 0.05) is 28.6 Å². The average Bonchev–Trinajstić information content (AvgIpc) is 2.74. The maximum Gasteiger partial charge on any atom is 1.00 e. The summed E-state index contributed by atoms with van der Waals surface area (Å²) in [6.07, 6.45) is 1.79. The Labute approximate surface area is 174 Å². The molecule has 3 aromatic carbocycles. The fraction of sp³-hybridized carbons (Fsp3) is 0. The van der Waals surface area contributed by atoms with Crippen molar-refractivity contribution in [1.29, 1.82) is 0 Å². The molecule has 4 heteroatoms. The van der Waals surface area contributed by atoms with Crippen LogP contribution >= 0.6 is 0 Å². The fourth-order valence-corrected chi connectivity index (χ4v) is 3.49. The largest absolute Gasteiger partial charge is 1.00 e. The first-order chi connectivity index (χ1) is 13.3. The molecule has 0 saturated carbocycles. The maximum atomic E-state index is 12.6. The van der Waals surface area contributed by atoms with Crippen LogP contribution in [0.1, 0.15) is 0 Å². The van der Waals surface area contributed by atoms with Crippen molar-refractivity contribution in [2.24, 2.45) is 0 Å². The molecule has 0 unspecified atom stereocenters. The zero-order valence-corrected chi connectivity index (χ0v) is 15.5. The monoisotopic (exact) mass is 355 g/mol. The number of pyridine rings is 2. The summed E-state index contributed by atoms with van der Waals surface area (Å²) in [7, 11) is 0. The van der Waals surface area contributed by atoms with Crippen LogP contribution in [0.15, 0.2) is 91.1 Å². The van der Waals surface area contributed by atoms with Gasteiger partial charge in [0.05, 0.1) is 0 Å². The number of fused-ring (bicyclic) bond motifs is 3. The maximum absolute atomic E-state index is 12.6. The summed E-state index contributed by atoms with van der Waals surface area (Å²) in [5.41, 5.74) is 5.41. The molecular formula is C24H16LiN2O+. The molecule has 0 amide bonds. The van der Waals surface area contributed by atoms with Crippen LogP contribution in [0.2, 0.25) is 0 Å². The molecule has 0 radical (unpaired) electrons. The van der Waals surface area contributed by atoms with Crippen molar-refractivity contribution in [3.05, 3.63) is 91.1 Å². The molecular weight excluding hydrogens is 339 g/mol. The van der Waals surface area contributed by atoms with Crippen LogP contribution in [-0.2, 0) is 0 Å². The molecule has 5 rings (SSSR count). The summed E-state index contributed by atoms with van der Waals surface area (Å²) in [5.74, 6) is -0.00141. The van der Waals surface area contributed by atoms with E-state index in [1.165, 1.54) is 0 Å². The molecule has 3 nitrogen and oxygen atoms in total. The van der Waals surface area contributed by atoms with Gasteiger partial charge in [-0.25, -0.2) is 9.97 Å². The third-order valence-electron chi connectivity index (χ3n) is 4.87. The van der Waals surface area contributed by atoms with Crippen molar-refractivity contribution in [2.45, 2.75) is 0 Å². The molecule has 0 bridgehead atoms. The Morgan fingerprint density at radius 1 is 0.714 bits per heavy atom. The fourth-order valence-electron chi connectivity index (χ4n) is 3.49. The molecule has 28 heavy (non-hydrogen) atoms. The van der Waals surface area contributed by atoms with Gasteiger partial charge < -0.3 is 5.11 Å². The Hall–Kier alpha value is -3.12. The second-order valence-corrected chi connectivity index (χ2v) is 6.55. The first-order valence-electron chi connectivity index (χ1n) is 8.86. The van der Waals surface area contributed by atoms with Crippen LogP contribution in [-0.4, -0.2) is 4.98 Å². The van der Waals surface area contributed by atoms with Gasteiger partial charge in [-0.3, -0.25) is 0 Å². The third kappa shape index (κ3) is 3.16. The van der Waals surface area contributed by atoms with Gasteiger partial charge in [-0.15, -0.1) is 0 Å². The Morgan fingerprint density at radius 2 is 1.50 bits per heavy atom. The summed E-state index contributed by atoms with van der Waals surface area (Å²) in [4.78, 5) is 7.97. The van der Waals surface area contributed by atoms with Crippen LogP contribution in [0, 0.1) is 0 Å². The quantitative estimate of drug-likeness (QED) is 0.357. The molecule has 5 aromatic rings. The molecule has 1 N–H and O–H groups in total. The predicted molar refractivity (Wildman–Crippen MR) is 106 cm³/mol. The number of hydrogen-bond acceptors (Lipinski definition) is 2. The van der Waals surface area contributed by atoms with E-state index in [9.17, 15) is 5.11 Å². The Balaban J connectivity index is 0.00000192. The number of nitrogens with one attached hydrogen (secondary N) is 1. The molecule has 0 aliphatic carbocycles. The zero-order valence-electron chi connectivity index (χ0n) is 15.5. The minimum atomic E-state index is -0.00141. The van der Waals surface area contributed by atoms with Gasteiger partial charge in [0.1, 0.15) is 5.52 Å². The van der Waals surface area contributed by atoms with E-state index >= 15 is 0 Å². The molecule has 0 aliphatic heterocycles. The average molecular weight is 355 g/mol. The Kier molecular flexibility index (Phi) is 4.87. The van der Waals surface area contributed by atoms with Crippen LogP contribution in [0.4, 0.5) is 0 Å².